The van der Waals surface area contributed by atoms with E-state index in [1.165, 1.54) is 0 Å². The van der Waals surface area contributed by atoms with E-state index in [9.17, 15) is 4.79 Å². The molecule has 0 aliphatic heterocycles. The number of ether oxygens (including phenoxy) is 1. The average Bonchev–Trinajstić information content (AvgIpc) is 2.15. The van der Waals surface area contributed by atoms with Crippen molar-refractivity contribution in [2.45, 2.75) is 6.54 Å². The molecule has 0 saturated carbocycles. The predicted octanol–water partition coefficient (Wildman–Crippen LogP) is 0.806. The zero-order chi connectivity index (χ0) is 10.4. The minimum Gasteiger partial charge on any atom is -0.377 e. The molecular formula is C9H11N3O2. The first kappa shape index (κ1) is 10.0. The second-order valence-corrected chi connectivity index (χ2v) is 2.59. The fraction of sp³-hybridized carbons (Fsp3) is 0.111. The minimum atomic E-state index is -0.721. The summed E-state index contributed by atoms with van der Waals surface area (Å²) < 4.78 is 4.28. The molecule has 0 spiro atoms. The van der Waals surface area contributed by atoms with E-state index in [2.05, 4.69) is 10.1 Å². The summed E-state index contributed by atoms with van der Waals surface area (Å²) in [6, 6.07) is 8.75. The number of hydrogen-bond acceptors (Lipinski definition) is 3. The fourth-order valence-electron chi connectivity index (χ4n) is 0.906. The normalized spacial score (nSPS) is 9.14. The number of benzene rings is 1. The lowest BCUT2D eigenvalue weighted by Gasteiger charge is -2.04. The van der Waals surface area contributed by atoms with Crippen molar-refractivity contribution in [2.24, 2.45) is 5.73 Å². The second-order valence-electron chi connectivity index (χ2n) is 2.59. The van der Waals surface area contributed by atoms with Crippen molar-refractivity contribution in [3.8, 4) is 0 Å². The molecule has 4 N–H and O–H groups in total. The highest BCUT2D eigenvalue weighted by Crippen LogP contribution is 1.97. The SMILES string of the molecule is N=C(N)OC(=O)NCc1ccccc1. The maximum absolute atomic E-state index is 10.9. The van der Waals surface area contributed by atoms with Crippen LogP contribution in [0.15, 0.2) is 30.3 Å². The molecular weight excluding hydrogens is 182 g/mol. The lowest BCUT2D eigenvalue weighted by atomic mass is 10.2. The van der Waals surface area contributed by atoms with Crippen molar-refractivity contribution in [3.63, 3.8) is 0 Å². The number of amidine groups is 1. The third-order valence-electron chi connectivity index (χ3n) is 1.48. The molecule has 0 bridgehead atoms. The van der Waals surface area contributed by atoms with E-state index in [0.29, 0.717) is 6.54 Å². The van der Waals surface area contributed by atoms with Crippen LogP contribution < -0.4 is 11.1 Å². The molecule has 0 fully saturated rings. The summed E-state index contributed by atoms with van der Waals surface area (Å²) in [5.41, 5.74) is 5.81. The molecule has 1 aromatic rings. The maximum Gasteiger partial charge on any atom is 0.415 e. The summed E-state index contributed by atoms with van der Waals surface area (Å²) in [5.74, 6) is 0. The van der Waals surface area contributed by atoms with Gasteiger partial charge >= 0.3 is 6.09 Å². The second kappa shape index (κ2) is 4.86. The number of nitrogens with one attached hydrogen (secondary N) is 2. The number of amides is 1. The van der Waals surface area contributed by atoms with E-state index in [4.69, 9.17) is 11.1 Å². The van der Waals surface area contributed by atoms with Crippen LogP contribution in [-0.2, 0) is 11.3 Å². The van der Waals surface area contributed by atoms with Crippen molar-refractivity contribution >= 4 is 12.1 Å². The summed E-state index contributed by atoms with van der Waals surface area (Å²) in [6.07, 6.45) is -0.721. The highest BCUT2D eigenvalue weighted by Gasteiger charge is 2.02. The maximum atomic E-state index is 10.9. The Bertz CT molecular complexity index is 324. The van der Waals surface area contributed by atoms with E-state index in [1.54, 1.807) is 0 Å². The van der Waals surface area contributed by atoms with Crippen LogP contribution in [-0.4, -0.2) is 12.1 Å². The largest absolute Gasteiger partial charge is 0.415 e. The van der Waals surface area contributed by atoms with Crippen molar-refractivity contribution in [1.82, 2.24) is 5.32 Å². The molecule has 5 nitrogen and oxygen atoms in total. The van der Waals surface area contributed by atoms with Crippen LogP contribution in [0.4, 0.5) is 4.79 Å². The van der Waals surface area contributed by atoms with Crippen LogP contribution in [0.3, 0.4) is 0 Å². The first-order valence-corrected chi connectivity index (χ1v) is 4.02. The third kappa shape index (κ3) is 3.57. The molecule has 0 aliphatic rings. The van der Waals surface area contributed by atoms with Gasteiger partial charge in [-0.1, -0.05) is 30.3 Å². The van der Waals surface area contributed by atoms with Crippen molar-refractivity contribution in [3.05, 3.63) is 35.9 Å². The standard InChI is InChI=1S/C9H11N3O2/c10-8(11)14-9(13)12-6-7-4-2-1-3-5-7/h1-5H,6H2,(H3,10,11)(H,12,13). The van der Waals surface area contributed by atoms with E-state index in [-0.39, 0.29) is 0 Å². The summed E-state index contributed by atoms with van der Waals surface area (Å²) in [6.45, 7) is 0.354. The Morgan fingerprint density at radius 2 is 2.07 bits per heavy atom. The van der Waals surface area contributed by atoms with Crippen molar-refractivity contribution < 1.29 is 9.53 Å². The van der Waals surface area contributed by atoms with Crippen LogP contribution >= 0.6 is 0 Å². The molecule has 1 amide bonds. The molecule has 5 heteroatoms. The summed E-state index contributed by atoms with van der Waals surface area (Å²) in [4.78, 5) is 10.9. The molecule has 74 valence electrons. The molecule has 0 aliphatic carbocycles. The quantitative estimate of drug-likeness (QED) is 0.479. The van der Waals surface area contributed by atoms with E-state index in [1.807, 2.05) is 30.3 Å². The molecule has 0 aromatic heterocycles. The fourth-order valence-corrected chi connectivity index (χ4v) is 0.906. The van der Waals surface area contributed by atoms with Gasteiger partial charge < -0.3 is 15.8 Å². The molecule has 14 heavy (non-hydrogen) atoms. The molecule has 0 atom stereocenters. The Balaban J connectivity index is 2.34. The topological polar surface area (TPSA) is 88.2 Å². The van der Waals surface area contributed by atoms with Crippen molar-refractivity contribution in [2.75, 3.05) is 0 Å². The molecule has 0 unspecified atom stereocenters. The first-order valence-electron chi connectivity index (χ1n) is 4.02. The third-order valence-corrected chi connectivity index (χ3v) is 1.48. The Morgan fingerprint density at radius 1 is 1.43 bits per heavy atom. The van der Waals surface area contributed by atoms with Crippen LogP contribution in [0, 0.1) is 5.41 Å². The Morgan fingerprint density at radius 3 is 2.64 bits per heavy atom. The lowest BCUT2D eigenvalue weighted by molar-refractivity contribution is 0.195. The van der Waals surface area contributed by atoms with Crippen LogP contribution in [0.25, 0.3) is 0 Å². The minimum absolute atomic E-state index is 0.354. The van der Waals surface area contributed by atoms with Gasteiger partial charge in [-0.25, -0.2) is 4.79 Å². The number of rotatable bonds is 2. The van der Waals surface area contributed by atoms with Gasteiger partial charge in [0, 0.05) is 6.54 Å². The predicted molar refractivity (Wildman–Crippen MR) is 51.7 cm³/mol. The molecule has 0 saturated heterocycles. The smallest absolute Gasteiger partial charge is 0.377 e. The monoisotopic (exact) mass is 193 g/mol. The van der Waals surface area contributed by atoms with Gasteiger partial charge in [0.05, 0.1) is 0 Å². The van der Waals surface area contributed by atoms with E-state index < -0.39 is 12.1 Å². The highest BCUT2D eigenvalue weighted by molar-refractivity contribution is 5.83. The van der Waals surface area contributed by atoms with Gasteiger partial charge in [-0.2, -0.15) is 0 Å². The zero-order valence-corrected chi connectivity index (χ0v) is 7.49. The van der Waals surface area contributed by atoms with Crippen LogP contribution in [0.5, 0.6) is 0 Å². The number of hydrogen-bond donors (Lipinski definition) is 3. The summed E-state index contributed by atoms with van der Waals surface area (Å²) in [7, 11) is 0. The summed E-state index contributed by atoms with van der Waals surface area (Å²) in [5, 5.41) is 9.15. The van der Waals surface area contributed by atoms with Gasteiger partial charge in [-0.3, -0.25) is 5.41 Å². The van der Waals surface area contributed by atoms with E-state index >= 15 is 0 Å². The van der Waals surface area contributed by atoms with Crippen molar-refractivity contribution in [1.29, 1.82) is 5.41 Å². The number of alkyl carbamates (subject to hydrolysis) is 1. The molecule has 1 aromatic carbocycles. The van der Waals surface area contributed by atoms with Crippen LogP contribution in [0.1, 0.15) is 5.56 Å². The van der Waals surface area contributed by atoms with Gasteiger partial charge in [0.2, 0.25) is 0 Å². The Kier molecular flexibility index (Phi) is 3.49. The Hall–Kier alpha value is -2.04. The summed E-state index contributed by atoms with van der Waals surface area (Å²) >= 11 is 0. The van der Waals surface area contributed by atoms with Gasteiger partial charge in [0.1, 0.15) is 0 Å². The van der Waals surface area contributed by atoms with Crippen LogP contribution in [0.2, 0.25) is 0 Å². The van der Waals surface area contributed by atoms with Gasteiger partial charge in [-0.15, -0.1) is 0 Å². The van der Waals surface area contributed by atoms with Gasteiger partial charge in [0.25, 0.3) is 6.02 Å². The lowest BCUT2D eigenvalue weighted by Crippen LogP contribution is -2.29. The molecule has 0 radical (unpaired) electrons. The van der Waals surface area contributed by atoms with E-state index in [0.717, 1.165) is 5.56 Å². The number of nitrogens with two attached hydrogens (primary N) is 1. The number of carbonyl (C=O) groups is 1. The average molecular weight is 193 g/mol. The van der Waals surface area contributed by atoms with Gasteiger partial charge in [0.15, 0.2) is 0 Å². The molecule has 1 rings (SSSR count). The molecule has 0 heterocycles. The van der Waals surface area contributed by atoms with Gasteiger partial charge in [-0.05, 0) is 5.56 Å². The highest BCUT2D eigenvalue weighted by atomic mass is 16.6. The number of carbonyl (C=O) groups excluding carboxylic acids is 1. The Labute approximate surface area is 81.4 Å². The zero-order valence-electron chi connectivity index (χ0n) is 7.49. The first-order chi connectivity index (χ1) is 6.68.